The molecule has 1 aromatic rings. The lowest BCUT2D eigenvalue weighted by Crippen LogP contribution is -2.44. The van der Waals surface area contributed by atoms with E-state index in [0.29, 0.717) is 13.1 Å². The van der Waals surface area contributed by atoms with Crippen molar-refractivity contribution in [2.75, 3.05) is 25.5 Å². The van der Waals surface area contributed by atoms with Gasteiger partial charge >= 0.3 is 6.09 Å². The summed E-state index contributed by atoms with van der Waals surface area (Å²) in [6.45, 7) is 2.17. The van der Waals surface area contributed by atoms with E-state index in [1.807, 2.05) is 30.3 Å². The minimum absolute atomic E-state index is 0.0132. The molecule has 2 amide bonds. The van der Waals surface area contributed by atoms with Crippen LogP contribution in [0.5, 0.6) is 0 Å². The van der Waals surface area contributed by atoms with Crippen LogP contribution in [0.15, 0.2) is 30.3 Å². The molecule has 1 aromatic carbocycles. The summed E-state index contributed by atoms with van der Waals surface area (Å²) < 4.78 is 5.16. The summed E-state index contributed by atoms with van der Waals surface area (Å²) in [5.74, 6) is 0.224. The van der Waals surface area contributed by atoms with Crippen molar-refractivity contribution in [2.45, 2.75) is 19.4 Å². The number of nitrogens with zero attached hydrogens (tertiary/aromatic N) is 1. The third kappa shape index (κ3) is 5.22. The first-order valence-electron chi connectivity index (χ1n) is 7.47. The van der Waals surface area contributed by atoms with E-state index < -0.39 is 6.09 Å². The number of ether oxygens (including phenoxy) is 1. The molecule has 120 valence electrons. The monoisotopic (exact) mass is 324 g/mol. The minimum Gasteiger partial charge on any atom is -0.445 e. The lowest BCUT2D eigenvalue weighted by Gasteiger charge is -2.32. The molecular weight excluding hydrogens is 304 g/mol. The van der Waals surface area contributed by atoms with Crippen molar-refractivity contribution in [2.24, 2.45) is 5.92 Å². The van der Waals surface area contributed by atoms with Crippen LogP contribution in [-0.4, -0.2) is 42.4 Å². The first kappa shape index (κ1) is 16.6. The van der Waals surface area contributed by atoms with Gasteiger partial charge in [-0.25, -0.2) is 4.79 Å². The highest BCUT2D eigenvalue weighted by molar-refractivity contribution is 6.27. The van der Waals surface area contributed by atoms with Crippen LogP contribution >= 0.6 is 11.6 Å². The average molecular weight is 325 g/mol. The number of piperidine rings is 1. The van der Waals surface area contributed by atoms with E-state index in [1.54, 1.807) is 4.90 Å². The molecule has 0 aliphatic carbocycles. The van der Waals surface area contributed by atoms with E-state index in [1.165, 1.54) is 0 Å². The van der Waals surface area contributed by atoms with Crippen LogP contribution in [-0.2, 0) is 16.1 Å². The molecular formula is C16H21ClN2O3. The molecule has 0 aromatic heterocycles. The Morgan fingerprint density at radius 2 is 2.09 bits per heavy atom. The van der Waals surface area contributed by atoms with E-state index in [2.05, 4.69) is 5.32 Å². The zero-order valence-corrected chi connectivity index (χ0v) is 13.2. The molecule has 1 aliphatic heterocycles. The molecule has 1 heterocycles. The number of hydrogen-bond donors (Lipinski definition) is 1. The predicted molar refractivity (Wildman–Crippen MR) is 84.7 cm³/mol. The van der Waals surface area contributed by atoms with Crippen molar-refractivity contribution in [3.8, 4) is 0 Å². The number of benzene rings is 1. The molecule has 1 atom stereocenters. The molecule has 5 nitrogen and oxygen atoms in total. The number of carbonyl (C=O) groups is 2. The van der Waals surface area contributed by atoms with Crippen LogP contribution in [0.3, 0.4) is 0 Å². The van der Waals surface area contributed by atoms with Crippen LogP contribution in [0.1, 0.15) is 18.4 Å². The molecule has 0 bridgehead atoms. The van der Waals surface area contributed by atoms with Gasteiger partial charge in [-0.1, -0.05) is 30.3 Å². The highest BCUT2D eigenvalue weighted by atomic mass is 35.5. The van der Waals surface area contributed by atoms with Gasteiger partial charge in [0, 0.05) is 19.6 Å². The molecule has 0 saturated carbocycles. The van der Waals surface area contributed by atoms with Crippen molar-refractivity contribution >= 4 is 23.6 Å². The zero-order chi connectivity index (χ0) is 15.8. The summed E-state index contributed by atoms with van der Waals surface area (Å²) in [7, 11) is 0. The van der Waals surface area contributed by atoms with Crippen molar-refractivity contribution in [1.29, 1.82) is 0 Å². The zero-order valence-electron chi connectivity index (χ0n) is 12.5. The second-order valence-electron chi connectivity index (χ2n) is 5.42. The Balaban J connectivity index is 1.68. The Kier molecular flexibility index (Phi) is 6.52. The summed E-state index contributed by atoms with van der Waals surface area (Å²) in [6.07, 6.45) is 1.50. The minimum atomic E-state index is -0.426. The highest BCUT2D eigenvalue weighted by Crippen LogP contribution is 2.16. The molecule has 1 N–H and O–H groups in total. The second-order valence-corrected chi connectivity index (χ2v) is 5.69. The van der Waals surface area contributed by atoms with Gasteiger partial charge in [-0.05, 0) is 24.3 Å². The van der Waals surface area contributed by atoms with Gasteiger partial charge in [-0.15, -0.1) is 11.6 Å². The van der Waals surface area contributed by atoms with Gasteiger partial charge in [0.2, 0.25) is 5.91 Å². The molecule has 0 radical (unpaired) electrons. The van der Waals surface area contributed by atoms with Crippen LogP contribution in [0.25, 0.3) is 0 Å². The highest BCUT2D eigenvalue weighted by Gasteiger charge is 2.23. The number of rotatable bonds is 5. The first-order chi connectivity index (χ1) is 10.7. The van der Waals surface area contributed by atoms with Crippen molar-refractivity contribution in [1.82, 2.24) is 10.2 Å². The number of halogens is 1. The summed E-state index contributed by atoms with van der Waals surface area (Å²) in [4.78, 5) is 25.0. The van der Waals surface area contributed by atoms with Crippen LogP contribution < -0.4 is 5.32 Å². The van der Waals surface area contributed by atoms with Crippen molar-refractivity contribution < 1.29 is 14.3 Å². The predicted octanol–water partition coefficient (Wildman–Crippen LogP) is 2.39. The lowest BCUT2D eigenvalue weighted by atomic mass is 9.98. The summed E-state index contributed by atoms with van der Waals surface area (Å²) in [6, 6.07) is 9.54. The van der Waals surface area contributed by atoms with Gasteiger partial charge in [-0.3, -0.25) is 4.79 Å². The van der Waals surface area contributed by atoms with Gasteiger partial charge in [-0.2, -0.15) is 0 Å². The maximum Gasteiger partial charge on any atom is 0.407 e. The molecule has 6 heteroatoms. The molecule has 2 rings (SSSR count). The average Bonchev–Trinajstić information content (AvgIpc) is 2.58. The number of carbonyl (C=O) groups excluding carboxylic acids is 2. The van der Waals surface area contributed by atoms with Crippen molar-refractivity contribution in [3.05, 3.63) is 35.9 Å². The van der Waals surface area contributed by atoms with Crippen LogP contribution in [0.4, 0.5) is 4.79 Å². The lowest BCUT2D eigenvalue weighted by molar-refractivity contribution is -0.130. The van der Waals surface area contributed by atoms with Gasteiger partial charge in [0.15, 0.2) is 0 Å². The first-order valence-corrected chi connectivity index (χ1v) is 8.00. The SMILES string of the molecule is O=C(NCC1CCCN(C(=O)CCl)C1)OCc1ccccc1. The quantitative estimate of drug-likeness (QED) is 0.846. The number of alkyl halides is 1. The molecule has 22 heavy (non-hydrogen) atoms. The Labute approximate surface area is 135 Å². The van der Waals surface area contributed by atoms with E-state index >= 15 is 0 Å². The number of nitrogens with one attached hydrogen (secondary N) is 1. The molecule has 1 aliphatic rings. The smallest absolute Gasteiger partial charge is 0.407 e. The van der Waals surface area contributed by atoms with Crippen LogP contribution in [0, 0.1) is 5.92 Å². The number of alkyl carbamates (subject to hydrolysis) is 1. The number of likely N-dealkylation sites (tertiary alicyclic amines) is 1. The van der Waals surface area contributed by atoms with Gasteiger partial charge in [0.05, 0.1) is 0 Å². The van der Waals surface area contributed by atoms with Crippen molar-refractivity contribution in [3.63, 3.8) is 0 Å². The van der Waals surface area contributed by atoms with Gasteiger partial charge < -0.3 is 15.0 Å². The number of hydrogen-bond acceptors (Lipinski definition) is 3. The van der Waals surface area contributed by atoms with Gasteiger partial charge in [0.1, 0.15) is 12.5 Å². The second kappa shape index (κ2) is 8.63. The standard InChI is InChI=1S/C16H21ClN2O3/c17-9-15(20)19-8-4-7-14(11-19)10-18-16(21)22-12-13-5-2-1-3-6-13/h1-3,5-6,14H,4,7-12H2,(H,18,21). The normalized spacial score (nSPS) is 17.9. The fraction of sp³-hybridized carbons (Fsp3) is 0.500. The molecule has 1 unspecified atom stereocenters. The molecule has 1 saturated heterocycles. The molecule has 0 spiro atoms. The van der Waals surface area contributed by atoms with E-state index in [0.717, 1.165) is 24.9 Å². The Bertz CT molecular complexity index is 495. The fourth-order valence-electron chi connectivity index (χ4n) is 2.54. The largest absolute Gasteiger partial charge is 0.445 e. The van der Waals surface area contributed by atoms with E-state index in [-0.39, 0.29) is 24.3 Å². The Morgan fingerprint density at radius 3 is 2.82 bits per heavy atom. The Hall–Kier alpha value is -1.75. The fourth-order valence-corrected chi connectivity index (χ4v) is 2.71. The summed E-state index contributed by atoms with van der Waals surface area (Å²) in [5, 5.41) is 2.77. The third-order valence-corrected chi connectivity index (χ3v) is 3.96. The van der Waals surface area contributed by atoms with E-state index in [4.69, 9.17) is 16.3 Å². The van der Waals surface area contributed by atoms with E-state index in [9.17, 15) is 9.59 Å². The van der Waals surface area contributed by atoms with Crippen LogP contribution in [0.2, 0.25) is 0 Å². The van der Waals surface area contributed by atoms with Gasteiger partial charge in [0.25, 0.3) is 0 Å². The topological polar surface area (TPSA) is 58.6 Å². The maximum absolute atomic E-state index is 11.7. The number of amides is 2. The Morgan fingerprint density at radius 1 is 1.32 bits per heavy atom. The third-order valence-electron chi connectivity index (χ3n) is 3.73. The molecule has 1 fully saturated rings. The summed E-state index contributed by atoms with van der Waals surface area (Å²) in [5.41, 5.74) is 0.953. The maximum atomic E-state index is 11.7. The summed E-state index contributed by atoms with van der Waals surface area (Å²) >= 11 is 5.58.